The molecule has 3 aromatic heterocycles. The molecule has 2 saturated heterocycles. The van der Waals surface area contributed by atoms with E-state index >= 15 is 0 Å². The highest BCUT2D eigenvalue weighted by Gasteiger charge is 2.34. The third-order valence-corrected chi connectivity index (χ3v) is 6.77. The fraction of sp³-hybridized carbons (Fsp3) is 0.476. The van der Waals surface area contributed by atoms with Crippen LogP contribution in [0.2, 0.25) is 0 Å². The summed E-state index contributed by atoms with van der Waals surface area (Å²) in [5, 5.41) is 14.3. The minimum absolute atomic E-state index is 0.0141. The molecule has 0 spiro atoms. The van der Waals surface area contributed by atoms with Gasteiger partial charge in [0.25, 0.3) is 5.91 Å². The van der Waals surface area contributed by atoms with Crippen molar-refractivity contribution in [3.63, 3.8) is 0 Å². The molecule has 0 radical (unpaired) electrons. The first kappa shape index (κ1) is 17.8. The maximum absolute atomic E-state index is 13.3. The molecule has 2 N–H and O–H groups in total. The van der Waals surface area contributed by atoms with Gasteiger partial charge in [0.05, 0.1) is 27.7 Å². The number of aromatic nitrogens is 3. The number of hydrogen-bond donors (Lipinski definition) is 2. The first-order valence-electron chi connectivity index (χ1n) is 10.1. The second-order valence-corrected chi connectivity index (χ2v) is 9.18. The van der Waals surface area contributed by atoms with E-state index in [4.69, 9.17) is 4.98 Å². The summed E-state index contributed by atoms with van der Waals surface area (Å²) in [4.78, 5) is 19.2. The van der Waals surface area contributed by atoms with Gasteiger partial charge in [-0.25, -0.2) is 9.67 Å². The Bertz CT molecular complexity index is 997. The van der Waals surface area contributed by atoms with Crippen LogP contribution in [0, 0.1) is 0 Å². The van der Waals surface area contributed by atoms with Crippen molar-refractivity contribution in [2.24, 2.45) is 0 Å². The number of nitrogens with zero attached hydrogens (tertiary/aromatic N) is 3. The van der Waals surface area contributed by atoms with Crippen LogP contribution in [-0.4, -0.2) is 38.8 Å². The molecule has 1 amide bonds. The quantitative estimate of drug-likeness (QED) is 0.706. The molecule has 146 valence electrons. The summed E-state index contributed by atoms with van der Waals surface area (Å²) in [5.74, 6) is -0.0141. The lowest BCUT2D eigenvalue weighted by Crippen LogP contribution is -2.48. The van der Waals surface area contributed by atoms with Gasteiger partial charge in [-0.3, -0.25) is 4.79 Å². The van der Waals surface area contributed by atoms with Gasteiger partial charge in [0.1, 0.15) is 0 Å². The maximum atomic E-state index is 13.3. The van der Waals surface area contributed by atoms with Crippen LogP contribution in [0.4, 0.5) is 0 Å². The minimum Gasteiger partial charge on any atom is -0.349 e. The van der Waals surface area contributed by atoms with Crippen LogP contribution in [0.5, 0.6) is 0 Å². The average molecular weight is 396 g/mol. The third-order valence-electron chi connectivity index (χ3n) is 5.88. The van der Waals surface area contributed by atoms with E-state index in [9.17, 15) is 4.79 Å². The molecule has 5 heterocycles. The lowest BCUT2D eigenvalue weighted by Gasteiger charge is -2.29. The van der Waals surface area contributed by atoms with Gasteiger partial charge in [0.15, 0.2) is 5.65 Å². The zero-order valence-electron chi connectivity index (χ0n) is 16.2. The van der Waals surface area contributed by atoms with Crippen LogP contribution in [0.1, 0.15) is 55.9 Å². The van der Waals surface area contributed by atoms with Crippen molar-refractivity contribution in [1.29, 1.82) is 0 Å². The summed E-state index contributed by atoms with van der Waals surface area (Å²) in [6.45, 7) is 4.16. The standard InChI is InChI=1S/C21H25N5OS/c1-12(2)26-20-17(11-22-26)16(10-18(25-20)19-4-3-7-28-19)21(27)24-15-8-13-5-6-14(9-15)23-13/h3-4,7,10-15,23H,5-6,8-9H2,1-2H3,(H,24,27). The van der Waals surface area contributed by atoms with E-state index in [0.29, 0.717) is 17.6 Å². The Morgan fingerprint density at radius 1 is 1.32 bits per heavy atom. The molecule has 2 aliphatic rings. The lowest BCUT2D eigenvalue weighted by molar-refractivity contribution is 0.0925. The van der Waals surface area contributed by atoms with Gasteiger partial charge in [-0.05, 0) is 57.0 Å². The predicted octanol–water partition coefficient (Wildman–Crippen LogP) is 3.75. The Hall–Kier alpha value is -2.25. The molecular formula is C21H25N5OS. The van der Waals surface area contributed by atoms with E-state index in [1.54, 1.807) is 17.5 Å². The molecular weight excluding hydrogens is 370 g/mol. The van der Waals surface area contributed by atoms with Crippen LogP contribution in [0.25, 0.3) is 21.6 Å². The Kier molecular flexibility index (Phi) is 4.44. The van der Waals surface area contributed by atoms with E-state index in [1.807, 2.05) is 28.3 Å². The molecule has 2 aliphatic heterocycles. The molecule has 0 aromatic carbocycles. The molecule has 7 heteroatoms. The Morgan fingerprint density at radius 3 is 2.79 bits per heavy atom. The Labute approximate surface area is 168 Å². The highest BCUT2D eigenvalue weighted by Crippen LogP contribution is 2.30. The van der Waals surface area contributed by atoms with Crippen molar-refractivity contribution >= 4 is 28.3 Å². The number of piperidine rings is 1. The summed E-state index contributed by atoms with van der Waals surface area (Å²) in [6, 6.07) is 7.49. The summed E-state index contributed by atoms with van der Waals surface area (Å²) >= 11 is 1.63. The van der Waals surface area contributed by atoms with E-state index < -0.39 is 0 Å². The normalized spacial score (nSPS) is 24.2. The molecule has 2 atom stereocenters. The first-order valence-corrected chi connectivity index (χ1v) is 11.0. The van der Waals surface area contributed by atoms with Gasteiger partial charge in [-0.15, -0.1) is 11.3 Å². The number of amides is 1. The second-order valence-electron chi connectivity index (χ2n) is 8.23. The average Bonchev–Trinajstić information content (AvgIpc) is 3.40. The number of carbonyl (C=O) groups is 1. The van der Waals surface area contributed by atoms with Crippen molar-refractivity contribution in [2.45, 2.75) is 63.7 Å². The molecule has 3 aromatic rings. The van der Waals surface area contributed by atoms with E-state index in [0.717, 1.165) is 34.4 Å². The SMILES string of the molecule is CC(C)n1ncc2c(C(=O)NC3CC4CCC(C3)N4)cc(-c3cccs3)nc21. The maximum Gasteiger partial charge on any atom is 0.252 e. The highest BCUT2D eigenvalue weighted by atomic mass is 32.1. The van der Waals surface area contributed by atoms with Crippen LogP contribution in [0.3, 0.4) is 0 Å². The molecule has 5 rings (SSSR count). The molecule has 6 nitrogen and oxygen atoms in total. The summed E-state index contributed by atoms with van der Waals surface area (Å²) < 4.78 is 1.90. The van der Waals surface area contributed by atoms with Gasteiger partial charge >= 0.3 is 0 Å². The van der Waals surface area contributed by atoms with Gasteiger partial charge in [-0.2, -0.15) is 5.10 Å². The second kappa shape index (κ2) is 6.97. The summed E-state index contributed by atoms with van der Waals surface area (Å²) in [7, 11) is 0. The monoisotopic (exact) mass is 395 g/mol. The Balaban J connectivity index is 1.53. The Morgan fingerprint density at radius 2 is 2.11 bits per heavy atom. The molecule has 0 saturated carbocycles. The lowest BCUT2D eigenvalue weighted by atomic mass is 9.99. The summed E-state index contributed by atoms with van der Waals surface area (Å²) in [6.07, 6.45) is 6.25. The third kappa shape index (κ3) is 3.12. The number of pyridine rings is 1. The van der Waals surface area contributed by atoms with Crippen LogP contribution in [0.15, 0.2) is 29.8 Å². The zero-order chi connectivity index (χ0) is 19.3. The fourth-order valence-corrected chi connectivity index (χ4v) is 5.26. The van der Waals surface area contributed by atoms with Gasteiger partial charge in [0.2, 0.25) is 0 Å². The van der Waals surface area contributed by atoms with Crippen LogP contribution in [-0.2, 0) is 0 Å². The number of carbonyl (C=O) groups excluding carboxylic acids is 1. The van der Waals surface area contributed by atoms with Gasteiger partial charge in [0, 0.05) is 24.2 Å². The number of thiophene rings is 1. The molecule has 2 bridgehead atoms. The van der Waals surface area contributed by atoms with Crippen molar-refractivity contribution in [3.8, 4) is 10.6 Å². The highest BCUT2D eigenvalue weighted by molar-refractivity contribution is 7.13. The number of hydrogen-bond acceptors (Lipinski definition) is 5. The summed E-state index contributed by atoms with van der Waals surface area (Å²) in [5.41, 5.74) is 2.28. The van der Waals surface area contributed by atoms with Gasteiger partial charge < -0.3 is 10.6 Å². The van der Waals surface area contributed by atoms with E-state index in [-0.39, 0.29) is 18.0 Å². The number of fused-ring (bicyclic) bond motifs is 3. The van der Waals surface area contributed by atoms with E-state index in [2.05, 4.69) is 29.6 Å². The largest absolute Gasteiger partial charge is 0.349 e. The number of nitrogens with one attached hydrogen (secondary N) is 2. The van der Waals surface area contributed by atoms with Gasteiger partial charge in [-0.1, -0.05) is 6.07 Å². The molecule has 2 unspecified atom stereocenters. The minimum atomic E-state index is -0.0141. The van der Waals surface area contributed by atoms with Crippen molar-refractivity contribution < 1.29 is 4.79 Å². The van der Waals surface area contributed by atoms with Crippen molar-refractivity contribution in [2.75, 3.05) is 0 Å². The van der Waals surface area contributed by atoms with Crippen LogP contribution >= 0.6 is 11.3 Å². The first-order chi connectivity index (χ1) is 13.6. The van der Waals surface area contributed by atoms with Crippen molar-refractivity contribution in [3.05, 3.63) is 35.3 Å². The molecule has 2 fully saturated rings. The van der Waals surface area contributed by atoms with Crippen molar-refractivity contribution in [1.82, 2.24) is 25.4 Å². The fourth-order valence-electron chi connectivity index (χ4n) is 4.57. The molecule has 28 heavy (non-hydrogen) atoms. The zero-order valence-corrected chi connectivity index (χ0v) is 17.0. The topological polar surface area (TPSA) is 71.8 Å². The predicted molar refractivity (Wildman–Crippen MR) is 112 cm³/mol. The number of rotatable bonds is 4. The smallest absolute Gasteiger partial charge is 0.252 e. The van der Waals surface area contributed by atoms with E-state index in [1.165, 1.54) is 12.8 Å². The molecule has 0 aliphatic carbocycles. The van der Waals surface area contributed by atoms with Crippen LogP contribution < -0.4 is 10.6 Å².